The molecule has 88 valence electrons. The van der Waals surface area contributed by atoms with Gasteiger partial charge >= 0.3 is 5.97 Å². The lowest BCUT2D eigenvalue weighted by molar-refractivity contribution is -0.155. The lowest BCUT2D eigenvalue weighted by atomic mass is 9.95. The van der Waals surface area contributed by atoms with Gasteiger partial charge in [-0.05, 0) is 19.3 Å². The fourth-order valence-corrected chi connectivity index (χ4v) is 1.75. The summed E-state index contributed by atoms with van der Waals surface area (Å²) in [4.78, 5) is 11.3. The summed E-state index contributed by atoms with van der Waals surface area (Å²) in [5.41, 5.74) is 5.35. The van der Waals surface area contributed by atoms with Crippen molar-refractivity contribution in [2.75, 3.05) is 13.7 Å². The Labute approximate surface area is 89.5 Å². The molecule has 5 nitrogen and oxygen atoms in total. The zero-order valence-corrected chi connectivity index (χ0v) is 9.02. The SMILES string of the molecule is COC1CCCC(OC(=O)[C@H](N)CO)C1. The van der Waals surface area contributed by atoms with Crippen molar-refractivity contribution in [2.24, 2.45) is 5.73 Å². The van der Waals surface area contributed by atoms with Crippen molar-refractivity contribution in [1.82, 2.24) is 0 Å². The Balaban J connectivity index is 2.34. The molecule has 0 aromatic rings. The smallest absolute Gasteiger partial charge is 0.325 e. The summed E-state index contributed by atoms with van der Waals surface area (Å²) < 4.78 is 10.4. The lowest BCUT2D eigenvalue weighted by Crippen LogP contribution is -2.39. The van der Waals surface area contributed by atoms with Gasteiger partial charge in [0.05, 0.1) is 12.7 Å². The van der Waals surface area contributed by atoms with E-state index in [9.17, 15) is 4.79 Å². The van der Waals surface area contributed by atoms with Gasteiger partial charge in [-0.2, -0.15) is 0 Å². The second kappa shape index (κ2) is 6.05. The Bertz CT molecular complexity index is 210. The maximum Gasteiger partial charge on any atom is 0.325 e. The molecule has 0 aliphatic heterocycles. The average molecular weight is 217 g/mol. The maximum absolute atomic E-state index is 11.3. The van der Waals surface area contributed by atoms with Crippen molar-refractivity contribution in [3.63, 3.8) is 0 Å². The van der Waals surface area contributed by atoms with E-state index >= 15 is 0 Å². The van der Waals surface area contributed by atoms with E-state index in [2.05, 4.69) is 0 Å². The molecule has 1 aliphatic rings. The molecule has 1 rings (SSSR count). The molecule has 2 unspecified atom stereocenters. The molecule has 0 saturated heterocycles. The Kier molecular flexibility index (Phi) is 5.01. The van der Waals surface area contributed by atoms with Crippen LogP contribution in [0.15, 0.2) is 0 Å². The Morgan fingerprint density at radius 1 is 1.53 bits per heavy atom. The van der Waals surface area contributed by atoms with Crippen molar-refractivity contribution >= 4 is 5.97 Å². The molecule has 0 spiro atoms. The fourth-order valence-electron chi connectivity index (χ4n) is 1.75. The van der Waals surface area contributed by atoms with Gasteiger partial charge in [-0.15, -0.1) is 0 Å². The molecule has 1 saturated carbocycles. The van der Waals surface area contributed by atoms with E-state index in [-0.39, 0.29) is 18.8 Å². The van der Waals surface area contributed by atoms with Gasteiger partial charge in [0.2, 0.25) is 0 Å². The predicted octanol–water partition coefficient (Wildman–Crippen LogP) is -0.193. The van der Waals surface area contributed by atoms with Gasteiger partial charge in [0.25, 0.3) is 0 Å². The highest BCUT2D eigenvalue weighted by atomic mass is 16.5. The summed E-state index contributed by atoms with van der Waals surface area (Å²) in [7, 11) is 1.66. The van der Waals surface area contributed by atoms with Crippen LogP contribution in [0.3, 0.4) is 0 Å². The van der Waals surface area contributed by atoms with E-state index in [1.807, 2.05) is 0 Å². The topological polar surface area (TPSA) is 81.8 Å². The first-order valence-electron chi connectivity index (χ1n) is 5.27. The van der Waals surface area contributed by atoms with Gasteiger partial charge < -0.3 is 20.3 Å². The summed E-state index contributed by atoms with van der Waals surface area (Å²) in [6.45, 7) is -0.376. The fraction of sp³-hybridized carbons (Fsp3) is 0.900. The molecule has 0 aromatic carbocycles. The van der Waals surface area contributed by atoms with Crippen LogP contribution in [0.5, 0.6) is 0 Å². The highest BCUT2D eigenvalue weighted by Gasteiger charge is 2.26. The van der Waals surface area contributed by atoms with Crippen LogP contribution in [-0.2, 0) is 14.3 Å². The van der Waals surface area contributed by atoms with E-state index < -0.39 is 12.0 Å². The van der Waals surface area contributed by atoms with Crippen molar-refractivity contribution < 1.29 is 19.4 Å². The molecule has 3 atom stereocenters. The van der Waals surface area contributed by atoms with Crippen LogP contribution in [0, 0.1) is 0 Å². The van der Waals surface area contributed by atoms with Crippen molar-refractivity contribution in [1.29, 1.82) is 0 Å². The maximum atomic E-state index is 11.3. The summed E-state index contributed by atoms with van der Waals surface area (Å²) >= 11 is 0. The number of carbonyl (C=O) groups excluding carboxylic acids is 1. The van der Waals surface area contributed by atoms with Crippen LogP contribution >= 0.6 is 0 Å². The van der Waals surface area contributed by atoms with Gasteiger partial charge in [-0.25, -0.2) is 0 Å². The van der Waals surface area contributed by atoms with Crippen LogP contribution in [0.2, 0.25) is 0 Å². The number of carbonyl (C=O) groups is 1. The number of aliphatic hydroxyl groups is 1. The Hall–Kier alpha value is -0.650. The van der Waals surface area contributed by atoms with Gasteiger partial charge in [-0.3, -0.25) is 4.79 Å². The van der Waals surface area contributed by atoms with E-state index in [0.29, 0.717) is 0 Å². The second-order valence-corrected chi connectivity index (χ2v) is 3.87. The quantitative estimate of drug-likeness (QED) is 0.638. The molecule has 0 amide bonds. The molecule has 1 fully saturated rings. The van der Waals surface area contributed by atoms with E-state index in [0.717, 1.165) is 25.7 Å². The van der Waals surface area contributed by atoms with Crippen molar-refractivity contribution in [3.8, 4) is 0 Å². The summed E-state index contributed by atoms with van der Waals surface area (Å²) in [5.74, 6) is -0.528. The zero-order chi connectivity index (χ0) is 11.3. The third kappa shape index (κ3) is 3.77. The molecule has 5 heteroatoms. The number of nitrogens with two attached hydrogens (primary N) is 1. The predicted molar refractivity (Wildman–Crippen MR) is 54.2 cm³/mol. The molecular weight excluding hydrogens is 198 g/mol. The number of hydrogen-bond donors (Lipinski definition) is 2. The average Bonchev–Trinajstić information content (AvgIpc) is 2.28. The molecule has 0 aromatic heterocycles. The standard InChI is InChI=1S/C10H19NO4/c1-14-7-3-2-4-8(5-7)15-10(13)9(11)6-12/h7-9,12H,2-6,11H2,1H3/t7?,8?,9-/m1/s1. The summed E-state index contributed by atoms with van der Waals surface area (Å²) in [6.07, 6.45) is 3.63. The van der Waals surface area contributed by atoms with E-state index in [1.165, 1.54) is 0 Å². The minimum Gasteiger partial charge on any atom is -0.461 e. The van der Waals surface area contributed by atoms with Crippen LogP contribution < -0.4 is 5.73 Å². The number of methoxy groups -OCH3 is 1. The second-order valence-electron chi connectivity index (χ2n) is 3.87. The normalized spacial score (nSPS) is 28.5. The highest BCUT2D eigenvalue weighted by molar-refractivity contribution is 5.75. The molecule has 15 heavy (non-hydrogen) atoms. The minimum atomic E-state index is -0.923. The summed E-state index contributed by atoms with van der Waals surface area (Å²) in [6, 6.07) is -0.923. The summed E-state index contributed by atoms with van der Waals surface area (Å²) in [5, 5.41) is 8.68. The first-order chi connectivity index (χ1) is 7.17. The molecule has 0 heterocycles. The van der Waals surface area contributed by atoms with Crippen molar-refractivity contribution in [2.45, 2.75) is 43.9 Å². The Morgan fingerprint density at radius 3 is 2.80 bits per heavy atom. The van der Waals surface area contributed by atoms with E-state index in [4.69, 9.17) is 20.3 Å². The van der Waals surface area contributed by atoms with Gasteiger partial charge in [-0.1, -0.05) is 0 Å². The van der Waals surface area contributed by atoms with Crippen LogP contribution in [0.1, 0.15) is 25.7 Å². The third-order valence-corrected chi connectivity index (χ3v) is 2.69. The minimum absolute atomic E-state index is 0.117. The number of hydrogen-bond acceptors (Lipinski definition) is 5. The zero-order valence-electron chi connectivity index (χ0n) is 9.02. The number of esters is 1. The highest BCUT2D eigenvalue weighted by Crippen LogP contribution is 2.23. The third-order valence-electron chi connectivity index (χ3n) is 2.69. The van der Waals surface area contributed by atoms with Crippen LogP contribution in [0.4, 0.5) is 0 Å². The van der Waals surface area contributed by atoms with Gasteiger partial charge in [0.15, 0.2) is 0 Å². The molecule has 0 bridgehead atoms. The van der Waals surface area contributed by atoms with Gasteiger partial charge in [0.1, 0.15) is 12.1 Å². The molecule has 0 radical (unpaired) electrons. The molecule has 3 N–H and O–H groups in total. The number of ether oxygens (including phenoxy) is 2. The first-order valence-corrected chi connectivity index (χ1v) is 5.27. The first kappa shape index (κ1) is 12.4. The van der Waals surface area contributed by atoms with Crippen LogP contribution in [0.25, 0.3) is 0 Å². The van der Waals surface area contributed by atoms with Gasteiger partial charge in [0, 0.05) is 13.5 Å². The molecule has 1 aliphatic carbocycles. The largest absolute Gasteiger partial charge is 0.461 e. The number of rotatable bonds is 4. The number of aliphatic hydroxyl groups excluding tert-OH is 1. The molecular formula is C10H19NO4. The van der Waals surface area contributed by atoms with E-state index in [1.54, 1.807) is 7.11 Å². The van der Waals surface area contributed by atoms with Crippen molar-refractivity contribution in [3.05, 3.63) is 0 Å². The van der Waals surface area contributed by atoms with Crippen LogP contribution in [-0.4, -0.2) is 43.0 Å². The Morgan fingerprint density at radius 2 is 2.20 bits per heavy atom. The monoisotopic (exact) mass is 217 g/mol. The lowest BCUT2D eigenvalue weighted by Gasteiger charge is -2.28.